The van der Waals surface area contributed by atoms with Crippen molar-refractivity contribution in [3.8, 4) is 0 Å². The molecule has 0 unspecified atom stereocenters. The zero-order chi connectivity index (χ0) is 25.2. The number of hydrogen-bond acceptors (Lipinski definition) is 3. The number of aliphatic hydroxyl groups is 1. The largest absolute Gasteiger partial charge is 0.491 e. The van der Waals surface area contributed by atoms with Gasteiger partial charge in [0.1, 0.15) is 5.60 Å². The van der Waals surface area contributed by atoms with Crippen molar-refractivity contribution in [3.63, 3.8) is 0 Å². The van der Waals surface area contributed by atoms with Crippen molar-refractivity contribution in [1.29, 1.82) is 0 Å². The first-order valence-electron chi connectivity index (χ1n) is 14.5. The third kappa shape index (κ3) is 3.92. The van der Waals surface area contributed by atoms with Gasteiger partial charge in [0, 0.05) is 25.8 Å². The molecule has 9 atom stereocenters. The fourth-order valence-electron chi connectivity index (χ4n) is 9.77. The topological polar surface area (TPSA) is 58.6 Å². The number of allylic oxidation sites excluding steroid dienone is 2. The molecular formula is C31H49NO3. The molecule has 0 aromatic carbocycles. The number of nitrogens with one attached hydrogen (secondary N) is 1. The highest BCUT2D eigenvalue weighted by molar-refractivity contribution is 5.72. The summed E-state index contributed by atoms with van der Waals surface area (Å²) in [7, 11) is 0. The Balaban J connectivity index is 1.37. The summed E-state index contributed by atoms with van der Waals surface area (Å²) in [5, 5.41) is 13.3. The van der Waals surface area contributed by atoms with Gasteiger partial charge in [0.25, 0.3) is 0 Å². The Bertz CT molecular complexity index is 922. The molecule has 0 radical (unpaired) electrons. The molecule has 5 rings (SSSR count). The molecule has 0 aromatic rings. The van der Waals surface area contributed by atoms with E-state index in [1.165, 1.54) is 37.0 Å². The summed E-state index contributed by atoms with van der Waals surface area (Å²) in [6.45, 7) is 14.4. The number of hydrogen-bond donors (Lipinski definition) is 2. The summed E-state index contributed by atoms with van der Waals surface area (Å²) in [4.78, 5) is 11.3. The lowest BCUT2D eigenvalue weighted by Gasteiger charge is -2.57. The SMILES string of the molecule is CC[C@@]12C[C@H]3[C@@H]4CC=C5C[C@H](O)CC[C@]5(C)[C@@H]4CC[C@]3(C)[C@@H]1C(C)=C(CC[C@@H](C)CNC(C)=O)O2. The van der Waals surface area contributed by atoms with Crippen LogP contribution in [0.15, 0.2) is 23.0 Å². The second-order valence-electron chi connectivity index (χ2n) is 13.5. The molecule has 196 valence electrons. The maximum Gasteiger partial charge on any atom is 0.216 e. The Kier molecular flexibility index (Phi) is 6.47. The second kappa shape index (κ2) is 8.92. The van der Waals surface area contributed by atoms with Crippen LogP contribution in [0.5, 0.6) is 0 Å². The van der Waals surface area contributed by atoms with Crippen LogP contribution in [0, 0.1) is 40.4 Å². The minimum Gasteiger partial charge on any atom is -0.491 e. The average molecular weight is 484 g/mol. The Labute approximate surface area is 213 Å². The van der Waals surface area contributed by atoms with Crippen molar-refractivity contribution in [3.05, 3.63) is 23.0 Å². The van der Waals surface area contributed by atoms with E-state index in [1.54, 1.807) is 12.5 Å². The Morgan fingerprint density at radius 2 is 2.03 bits per heavy atom. The van der Waals surface area contributed by atoms with E-state index in [4.69, 9.17) is 4.74 Å². The van der Waals surface area contributed by atoms with Crippen LogP contribution in [-0.2, 0) is 9.53 Å². The second-order valence-corrected chi connectivity index (χ2v) is 13.5. The average Bonchev–Trinajstić information content (AvgIpc) is 3.25. The number of rotatable bonds is 6. The highest BCUT2D eigenvalue weighted by Gasteiger charge is 2.68. The Morgan fingerprint density at radius 3 is 2.74 bits per heavy atom. The molecule has 3 fully saturated rings. The molecule has 2 N–H and O–H groups in total. The normalized spacial score (nSPS) is 45.0. The summed E-state index contributed by atoms with van der Waals surface area (Å²) in [5.74, 6) is 4.55. The minimum absolute atomic E-state index is 0.0255. The molecular weight excluding hydrogens is 434 g/mol. The lowest BCUT2D eigenvalue weighted by Crippen LogP contribution is -2.50. The van der Waals surface area contributed by atoms with Crippen LogP contribution in [0.3, 0.4) is 0 Å². The quantitative estimate of drug-likeness (QED) is 0.422. The zero-order valence-electron chi connectivity index (χ0n) is 23.1. The molecule has 0 bridgehead atoms. The van der Waals surface area contributed by atoms with Crippen LogP contribution >= 0.6 is 0 Å². The van der Waals surface area contributed by atoms with E-state index in [9.17, 15) is 9.90 Å². The fraction of sp³-hybridized carbons (Fsp3) is 0.839. The van der Waals surface area contributed by atoms with E-state index in [0.717, 1.165) is 62.8 Å². The van der Waals surface area contributed by atoms with Gasteiger partial charge in [-0.05, 0) is 105 Å². The van der Waals surface area contributed by atoms with Crippen LogP contribution in [0.2, 0.25) is 0 Å². The standard InChI is InChI=1S/C31H49NO3/c1-7-31-17-26-24-10-9-22-16-23(34)12-14-29(22,5)25(24)13-15-30(26,6)28(31)20(3)27(35-31)11-8-19(2)18-32-21(4)33/h9,19,23-26,28,34H,7-8,10-18H2,1-6H3,(H,32,33)/t19-,23-,24-,25-,26+,28+,29+,30+,31-/m1/s1. The predicted octanol–water partition coefficient (Wildman–Crippen LogP) is 6.54. The van der Waals surface area contributed by atoms with Crippen LogP contribution in [0.4, 0.5) is 0 Å². The van der Waals surface area contributed by atoms with Crippen LogP contribution in [0.1, 0.15) is 106 Å². The molecule has 35 heavy (non-hydrogen) atoms. The Hall–Kier alpha value is -1.29. The maximum absolute atomic E-state index is 11.3. The molecule has 1 aliphatic heterocycles. The van der Waals surface area contributed by atoms with Gasteiger partial charge in [-0.25, -0.2) is 0 Å². The lowest BCUT2D eigenvalue weighted by molar-refractivity contribution is -0.119. The highest BCUT2D eigenvalue weighted by Crippen LogP contribution is 2.72. The van der Waals surface area contributed by atoms with Gasteiger partial charge in [0.2, 0.25) is 5.91 Å². The van der Waals surface area contributed by atoms with Gasteiger partial charge < -0.3 is 15.2 Å². The molecule has 4 nitrogen and oxygen atoms in total. The molecule has 0 spiro atoms. The van der Waals surface area contributed by atoms with Gasteiger partial charge in [0.15, 0.2) is 0 Å². The maximum atomic E-state index is 11.3. The van der Waals surface area contributed by atoms with Gasteiger partial charge >= 0.3 is 0 Å². The van der Waals surface area contributed by atoms with Crippen LogP contribution in [0.25, 0.3) is 0 Å². The van der Waals surface area contributed by atoms with Crippen molar-refractivity contribution >= 4 is 5.91 Å². The molecule has 3 saturated carbocycles. The number of aliphatic hydroxyl groups excluding tert-OH is 1. The van der Waals surface area contributed by atoms with Crippen molar-refractivity contribution in [1.82, 2.24) is 5.32 Å². The van der Waals surface area contributed by atoms with Crippen LogP contribution in [-0.4, -0.2) is 29.3 Å². The number of amides is 1. The van der Waals surface area contributed by atoms with Gasteiger partial charge in [-0.3, -0.25) is 4.79 Å². The first-order valence-corrected chi connectivity index (χ1v) is 14.5. The molecule has 0 saturated heterocycles. The third-order valence-corrected chi connectivity index (χ3v) is 11.6. The van der Waals surface area contributed by atoms with Gasteiger partial charge in [-0.2, -0.15) is 0 Å². The molecule has 4 heteroatoms. The van der Waals surface area contributed by atoms with E-state index in [1.807, 2.05) is 0 Å². The predicted molar refractivity (Wildman–Crippen MR) is 140 cm³/mol. The van der Waals surface area contributed by atoms with E-state index < -0.39 is 0 Å². The number of carbonyl (C=O) groups excluding carboxylic acids is 1. The monoisotopic (exact) mass is 483 g/mol. The van der Waals surface area contributed by atoms with Crippen LogP contribution < -0.4 is 5.32 Å². The lowest BCUT2D eigenvalue weighted by atomic mass is 9.47. The smallest absolute Gasteiger partial charge is 0.216 e. The summed E-state index contributed by atoms with van der Waals surface area (Å²) in [5.41, 5.74) is 3.68. The Morgan fingerprint density at radius 1 is 1.26 bits per heavy atom. The van der Waals surface area contributed by atoms with E-state index in [-0.39, 0.29) is 17.6 Å². The first-order chi connectivity index (χ1) is 16.5. The molecule has 0 aromatic heterocycles. The highest BCUT2D eigenvalue weighted by atomic mass is 16.5. The van der Waals surface area contributed by atoms with E-state index >= 15 is 0 Å². The third-order valence-electron chi connectivity index (χ3n) is 11.6. The van der Waals surface area contributed by atoms with Gasteiger partial charge in [-0.1, -0.05) is 39.3 Å². The summed E-state index contributed by atoms with van der Waals surface area (Å²) < 4.78 is 7.04. The van der Waals surface area contributed by atoms with Crippen molar-refractivity contribution in [2.75, 3.05) is 6.54 Å². The fourth-order valence-corrected chi connectivity index (χ4v) is 9.77. The summed E-state index contributed by atoms with van der Waals surface area (Å²) in [6.07, 6.45) is 13.6. The molecule has 1 heterocycles. The number of fused-ring (bicyclic) bond motifs is 7. The van der Waals surface area contributed by atoms with E-state index in [0.29, 0.717) is 22.7 Å². The van der Waals surface area contributed by atoms with E-state index in [2.05, 4.69) is 46.0 Å². The first kappa shape index (κ1) is 25.4. The van der Waals surface area contributed by atoms with Crippen molar-refractivity contribution in [2.45, 2.75) is 117 Å². The van der Waals surface area contributed by atoms with Gasteiger partial charge in [-0.15, -0.1) is 0 Å². The molecule has 5 aliphatic rings. The summed E-state index contributed by atoms with van der Waals surface area (Å²) >= 11 is 0. The van der Waals surface area contributed by atoms with Gasteiger partial charge in [0.05, 0.1) is 11.9 Å². The molecule has 4 aliphatic carbocycles. The van der Waals surface area contributed by atoms with Crippen molar-refractivity contribution < 1.29 is 14.6 Å². The minimum atomic E-state index is -0.130. The summed E-state index contributed by atoms with van der Waals surface area (Å²) in [6, 6.07) is 0. The number of ether oxygens (including phenoxy) is 1. The molecule has 1 amide bonds. The van der Waals surface area contributed by atoms with Crippen molar-refractivity contribution in [2.24, 2.45) is 40.4 Å². The number of carbonyl (C=O) groups is 1. The zero-order valence-corrected chi connectivity index (χ0v) is 23.1.